The zero-order valence-corrected chi connectivity index (χ0v) is 14.5. The van der Waals surface area contributed by atoms with Gasteiger partial charge in [0.25, 0.3) is 5.91 Å². The number of hydrogen-bond acceptors (Lipinski definition) is 5. The van der Waals surface area contributed by atoms with Crippen LogP contribution in [-0.4, -0.2) is 38.3 Å². The number of hydrogen-bond donors (Lipinski definition) is 2. The highest BCUT2D eigenvalue weighted by Gasteiger charge is 2.12. The molecular formula is C16H22N4O3S. The molecule has 130 valence electrons. The molecule has 0 fully saturated rings. The Bertz CT molecular complexity index is 680. The van der Waals surface area contributed by atoms with E-state index in [0.29, 0.717) is 12.2 Å². The molecule has 24 heavy (non-hydrogen) atoms. The summed E-state index contributed by atoms with van der Waals surface area (Å²) in [4.78, 5) is 26.8. The summed E-state index contributed by atoms with van der Waals surface area (Å²) in [6.45, 7) is 0.609. The Morgan fingerprint density at radius 3 is 2.71 bits per heavy atom. The molecule has 0 aromatic carbocycles. The fraction of sp³-hybridized carbons (Fsp3) is 0.500. The van der Waals surface area contributed by atoms with Gasteiger partial charge in [0.1, 0.15) is 10.7 Å². The standard InChI is InChI=1S/C16H22N4O3S/c1-20-10-12(9-18-20)16-19-13(11-24-16)15(23)17-8-6-4-2-3-5-7-14(21)22/h9-11H,2-8H2,1H3,(H,17,23)(H,21,22). The topological polar surface area (TPSA) is 97.1 Å². The molecule has 2 rings (SSSR count). The number of carbonyl (C=O) groups excluding carboxylic acids is 1. The molecule has 7 nitrogen and oxygen atoms in total. The van der Waals surface area contributed by atoms with Crippen LogP contribution in [0, 0.1) is 0 Å². The maximum Gasteiger partial charge on any atom is 0.303 e. The van der Waals surface area contributed by atoms with Crippen LogP contribution in [0.15, 0.2) is 17.8 Å². The van der Waals surface area contributed by atoms with Gasteiger partial charge in [0.05, 0.1) is 6.20 Å². The molecule has 0 spiro atoms. The Labute approximate surface area is 144 Å². The first-order valence-corrected chi connectivity index (χ1v) is 8.89. The van der Waals surface area contributed by atoms with E-state index >= 15 is 0 Å². The normalized spacial score (nSPS) is 10.7. The Morgan fingerprint density at radius 1 is 1.25 bits per heavy atom. The lowest BCUT2D eigenvalue weighted by atomic mass is 10.1. The molecule has 0 aliphatic heterocycles. The molecule has 2 N–H and O–H groups in total. The predicted octanol–water partition coefficient (Wildman–Crippen LogP) is 2.70. The van der Waals surface area contributed by atoms with Crippen molar-refractivity contribution in [2.45, 2.75) is 38.5 Å². The van der Waals surface area contributed by atoms with Crippen LogP contribution in [-0.2, 0) is 11.8 Å². The molecule has 0 unspecified atom stereocenters. The Morgan fingerprint density at radius 2 is 2.00 bits per heavy atom. The van der Waals surface area contributed by atoms with Crippen LogP contribution in [0.2, 0.25) is 0 Å². The highest BCUT2D eigenvalue weighted by atomic mass is 32.1. The number of aliphatic carboxylic acids is 1. The number of amides is 1. The van der Waals surface area contributed by atoms with Gasteiger partial charge in [-0.25, -0.2) is 4.98 Å². The van der Waals surface area contributed by atoms with Crippen LogP contribution in [0.5, 0.6) is 0 Å². The second-order valence-electron chi connectivity index (χ2n) is 5.61. The maximum atomic E-state index is 12.1. The molecule has 0 saturated carbocycles. The van der Waals surface area contributed by atoms with E-state index in [1.165, 1.54) is 11.3 Å². The fourth-order valence-corrected chi connectivity index (χ4v) is 3.04. The number of nitrogens with zero attached hydrogens (tertiary/aromatic N) is 3. The minimum absolute atomic E-state index is 0.160. The summed E-state index contributed by atoms with van der Waals surface area (Å²) in [6.07, 6.45) is 8.33. The number of thiazole rings is 1. The Kier molecular flexibility index (Phi) is 6.92. The van der Waals surface area contributed by atoms with Crippen molar-refractivity contribution >= 4 is 23.2 Å². The minimum atomic E-state index is -0.740. The zero-order valence-electron chi connectivity index (χ0n) is 13.7. The van der Waals surface area contributed by atoms with Gasteiger partial charge in [-0.1, -0.05) is 19.3 Å². The SMILES string of the molecule is Cn1cc(-c2nc(C(=O)NCCCCCCCC(=O)O)cs2)cn1. The van der Waals surface area contributed by atoms with E-state index in [4.69, 9.17) is 5.11 Å². The number of aryl methyl sites for hydroxylation is 1. The molecule has 2 heterocycles. The van der Waals surface area contributed by atoms with Crippen LogP contribution >= 0.6 is 11.3 Å². The van der Waals surface area contributed by atoms with Gasteiger partial charge in [0.15, 0.2) is 0 Å². The average molecular weight is 350 g/mol. The van der Waals surface area contributed by atoms with Crippen molar-refractivity contribution in [2.75, 3.05) is 6.54 Å². The number of carboxylic acid groups (broad SMARTS) is 1. The molecule has 0 atom stereocenters. The van der Waals surface area contributed by atoms with Crippen molar-refractivity contribution in [2.24, 2.45) is 7.05 Å². The summed E-state index contributed by atoms with van der Waals surface area (Å²) in [6, 6.07) is 0. The second-order valence-corrected chi connectivity index (χ2v) is 6.47. The van der Waals surface area contributed by atoms with Gasteiger partial charge in [0.2, 0.25) is 0 Å². The van der Waals surface area contributed by atoms with Crippen LogP contribution in [0.3, 0.4) is 0 Å². The van der Waals surface area contributed by atoms with Crippen LogP contribution in [0.1, 0.15) is 49.0 Å². The minimum Gasteiger partial charge on any atom is -0.481 e. The van der Waals surface area contributed by atoms with Gasteiger partial charge in [-0.15, -0.1) is 11.3 Å². The van der Waals surface area contributed by atoms with Crippen molar-refractivity contribution < 1.29 is 14.7 Å². The van der Waals surface area contributed by atoms with Gasteiger partial charge in [-0.2, -0.15) is 5.10 Å². The first-order chi connectivity index (χ1) is 11.6. The van der Waals surface area contributed by atoms with Crippen LogP contribution in [0.25, 0.3) is 10.6 Å². The molecule has 0 bridgehead atoms. The molecule has 2 aromatic rings. The number of carbonyl (C=O) groups is 2. The van der Waals surface area contributed by atoms with Gasteiger partial charge >= 0.3 is 5.97 Å². The number of rotatable bonds is 10. The molecule has 0 aliphatic rings. The van der Waals surface area contributed by atoms with Crippen molar-refractivity contribution in [1.29, 1.82) is 0 Å². The molecule has 1 amide bonds. The Hall–Kier alpha value is -2.22. The molecule has 0 radical (unpaired) electrons. The number of nitrogens with one attached hydrogen (secondary N) is 1. The van der Waals surface area contributed by atoms with Crippen molar-refractivity contribution in [3.8, 4) is 10.6 Å². The van der Waals surface area contributed by atoms with Crippen molar-refractivity contribution in [1.82, 2.24) is 20.1 Å². The monoisotopic (exact) mass is 350 g/mol. The van der Waals surface area contributed by atoms with E-state index in [1.54, 1.807) is 16.3 Å². The third-order valence-corrected chi connectivity index (χ3v) is 4.43. The number of carboxylic acids is 1. The van der Waals surface area contributed by atoms with Gasteiger partial charge in [-0.05, 0) is 12.8 Å². The largest absolute Gasteiger partial charge is 0.481 e. The lowest BCUT2D eigenvalue weighted by molar-refractivity contribution is -0.137. The summed E-state index contributed by atoms with van der Waals surface area (Å²) in [5, 5.41) is 18.0. The second kappa shape index (κ2) is 9.17. The number of aromatic nitrogens is 3. The summed E-state index contributed by atoms with van der Waals surface area (Å²) in [7, 11) is 1.84. The molecule has 8 heteroatoms. The average Bonchev–Trinajstić information content (AvgIpc) is 3.18. The Balaban J connectivity index is 1.64. The molecular weight excluding hydrogens is 328 g/mol. The van der Waals surface area contributed by atoms with Crippen LogP contribution in [0.4, 0.5) is 0 Å². The third-order valence-electron chi connectivity index (χ3n) is 3.54. The van der Waals surface area contributed by atoms with Crippen molar-refractivity contribution in [3.05, 3.63) is 23.5 Å². The zero-order chi connectivity index (χ0) is 17.4. The van der Waals surface area contributed by atoms with E-state index in [-0.39, 0.29) is 12.3 Å². The molecule has 0 saturated heterocycles. The van der Waals surface area contributed by atoms with Crippen LogP contribution < -0.4 is 5.32 Å². The summed E-state index contributed by atoms with van der Waals surface area (Å²) >= 11 is 1.43. The van der Waals surface area contributed by atoms with Crippen molar-refractivity contribution in [3.63, 3.8) is 0 Å². The quantitative estimate of drug-likeness (QED) is 0.642. The lowest BCUT2D eigenvalue weighted by Gasteiger charge is -2.03. The van der Waals surface area contributed by atoms with Gasteiger partial charge in [-0.3, -0.25) is 14.3 Å². The third kappa shape index (κ3) is 5.77. The highest BCUT2D eigenvalue weighted by Crippen LogP contribution is 2.22. The first-order valence-electron chi connectivity index (χ1n) is 8.01. The van der Waals surface area contributed by atoms with E-state index < -0.39 is 5.97 Å². The molecule has 0 aliphatic carbocycles. The highest BCUT2D eigenvalue weighted by molar-refractivity contribution is 7.13. The maximum absolute atomic E-state index is 12.1. The summed E-state index contributed by atoms with van der Waals surface area (Å²) in [5.41, 5.74) is 1.34. The fourth-order valence-electron chi connectivity index (χ4n) is 2.27. The molecule has 2 aromatic heterocycles. The smallest absolute Gasteiger partial charge is 0.303 e. The van der Waals surface area contributed by atoms with E-state index in [9.17, 15) is 9.59 Å². The summed E-state index contributed by atoms with van der Waals surface area (Å²) < 4.78 is 1.70. The van der Waals surface area contributed by atoms with Gasteiger partial charge in [0, 0.05) is 37.2 Å². The van der Waals surface area contributed by atoms with E-state index in [1.807, 2.05) is 13.2 Å². The first kappa shape index (κ1) is 18.1. The lowest BCUT2D eigenvalue weighted by Crippen LogP contribution is -2.24. The van der Waals surface area contributed by atoms with E-state index in [0.717, 1.165) is 42.7 Å². The van der Waals surface area contributed by atoms with E-state index in [2.05, 4.69) is 15.4 Å². The van der Waals surface area contributed by atoms with Gasteiger partial charge < -0.3 is 10.4 Å². The predicted molar refractivity (Wildman–Crippen MR) is 92.0 cm³/mol. The summed E-state index contributed by atoms with van der Waals surface area (Å²) in [5.74, 6) is -0.900. The number of unbranched alkanes of at least 4 members (excludes halogenated alkanes) is 4.